The average Bonchev–Trinajstić information content (AvgIpc) is 3.34. The number of nitrogens with one attached hydrogen (secondary N) is 3. The van der Waals surface area contributed by atoms with E-state index >= 15 is 0 Å². The van der Waals surface area contributed by atoms with E-state index in [1.165, 1.54) is 23.8 Å². The topological polar surface area (TPSA) is 205 Å². The lowest BCUT2D eigenvalue weighted by molar-refractivity contribution is -0.155. The highest BCUT2D eigenvalue weighted by molar-refractivity contribution is 5.94. The van der Waals surface area contributed by atoms with Gasteiger partial charge in [0.2, 0.25) is 11.2 Å². The number of carboxylic acids is 1. The number of likely N-dealkylation sites (N-methyl/N-ethyl adjacent to an activating group) is 1. The van der Waals surface area contributed by atoms with Gasteiger partial charge >= 0.3 is 5.97 Å². The second-order valence-corrected chi connectivity index (χ2v) is 17.1. The van der Waals surface area contributed by atoms with Crippen molar-refractivity contribution in [1.82, 2.24) is 25.4 Å². The van der Waals surface area contributed by atoms with Crippen molar-refractivity contribution in [2.75, 3.05) is 52.4 Å². The number of aromatic nitrogens is 1. The molecule has 1 saturated heterocycles. The SMILES string of the molecule is CCN(CCNC(=O)c1ccc(CCNC[C@H](O)c2ccc(O)c3[nH]c(=O)ccc23)cc1)C(=O)COc1cccc([C@@](O)(C(=O)O)c2ccccc2CC2CCN(Cc3ccccc3)CC2)c1. The molecule has 1 fully saturated rings. The number of ether oxygens (including phenoxy) is 1. The molecule has 14 nitrogen and oxygen atoms in total. The molecule has 1 aromatic heterocycles. The summed E-state index contributed by atoms with van der Waals surface area (Å²) in [6, 6.07) is 37.0. The molecular formula is C53H59N5O9. The minimum absolute atomic E-state index is 0.0699. The molecule has 0 radical (unpaired) electrons. The number of hydrogen-bond acceptors (Lipinski definition) is 10. The van der Waals surface area contributed by atoms with Crippen LogP contribution in [0.15, 0.2) is 132 Å². The summed E-state index contributed by atoms with van der Waals surface area (Å²) < 4.78 is 5.88. The van der Waals surface area contributed by atoms with Gasteiger partial charge in [-0.25, -0.2) is 4.79 Å². The Labute approximate surface area is 389 Å². The molecule has 1 aliphatic rings. The number of pyridine rings is 1. The molecular weight excluding hydrogens is 851 g/mol. The number of piperidine rings is 1. The van der Waals surface area contributed by atoms with Gasteiger partial charge in [-0.05, 0) is 117 Å². The minimum Gasteiger partial charge on any atom is -0.506 e. The molecule has 0 spiro atoms. The molecule has 1 aliphatic heterocycles. The summed E-state index contributed by atoms with van der Waals surface area (Å²) in [4.78, 5) is 57.6. The van der Waals surface area contributed by atoms with Gasteiger partial charge in [-0.3, -0.25) is 19.3 Å². The summed E-state index contributed by atoms with van der Waals surface area (Å²) in [6.07, 6.45) is 2.33. The fourth-order valence-electron chi connectivity index (χ4n) is 8.81. The number of carbonyl (C=O) groups is 3. The molecule has 67 heavy (non-hydrogen) atoms. The number of rotatable bonds is 21. The van der Waals surface area contributed by atoms with Gasteiger partial charge in [0, 0.05) is 60.9 Å². The van der Waals surface area contributed by atoms with Crippen LogP contribution < -0.4 is 20.9 Å². The standard InChI is InChI=1S/C53H59N5O9/c1-2-58(30-27-55-51(63)39-17-15-36(16-18-39)23-26-54-33-47(60)43-19-21-46(59)50-44(43)20-22-48(61)56-50)49(62)35-67-42-13-8-12-41(32-42)53(66,52(64)65)45-14-7-6-11-40(45)31-37-24-28-57(29-25-37)34-38-9-4-3-5-10-38/h3-22,32,37,47,54,59-60,66H,2,23-31,33-35H2,1H3,(H,55,63)(H,56,61)(H,64,65)/t47-,53-/m0/s1. The second-order valence-electron chi connectivity index (χ2n) is 17.1. The van der Waals surface area contributed by atoms with Gasteiger partial charge in [-0.1, -0.05) is 84.9 Å². The number of nitrogens with zero attached hydrogens (tertiary/aromatic N) is 2. The number of fused-ring (bicyclic) bond motifs is 1. The molecule has 6 aromatic rings. The Morgan fingerprint density at radius 3 is 2.37 bits per heavy atom. The highest BCUT2D eigenvalue weighted by atomic mass is 16.5. The summed E-state index contributed by atoms with van der Waals surface area (Å²) in [5.41, 5.74) is 2.08. The lowest BCUT2D eigenvalue weighted by Crippen LogP contribution is -2.40. The van der Waals surface area contributed by atoms with E-state index in [0.29, 0.717) is 53.9 Å². The number of aliphatic carboxylic acids is 1. The van der Waals surface area contributed by atoms with Gasteiger partial charge in [0.1, 0.15) is 11.5 Å². The Balaban J connectivity index is 0.861. The van der Waals surface area contributed by atoms with Gasteiger partial charge in [-0.15, -0.1) is 0 Å². The fraction of sp³-hybridized carbons (Fsp3) is 0.321. The predicted octanol–water partition coefficient (Wildman–Crippen LogP) is 5.53. The molecule has 2 amide bonds. The zero-order chi connectivity index (χ0) is 47.3. The molecule has 14 heteroatoms. The average molecular weight is 910 g/mol. The van der Waals surface area contributed by atoms with Crippen molar-refractivity contribution >= 4 is 28.7 Å². The fourth-order valence-corrected chi connectivity index (χ4v) is 8.81. The molecule has 2 heterocycles. The molecule has 5 aromatic carbocycles. The number of benzene rings is 5. The largest absolute Gasteiger partial charge is 0.506 e. The number of phenols is 1. The third-order valence-corrected chi connectivity index (χ3v) is 12.6. The molecule has 0 saturated carbocycles. The van der Waals surface area contributed by atoms with Crippen LogP contribution in [0.25, 0.3) is 10.9 Å². The molecule has 350 valence electrons. The molecule has 7 N–H and O–H groups in total. The normalized spacial score (nSPS) is 14.6. The van der Waals surface area contributed by atoms with Crippen LogP contribution in [0, 0.1) is 5.92 Å². The number of H-pyrrole nitrogens is 1. The number of hydrogen-bond donors (Lipinski definition) is 7. The number of aromatic amines is 1. The Bertz CT molecular complexity index is 2680. The first kappa shape index (κ1) is 48.1. The highest BCUT2D eigenvalue weighted by Crippen LogP contribution is 2.36. The maximum Gasteiger partial charge on any atom is 0.345 e. The van der Waals surface area contributed by atoms with Crippen molar-refractivity contribution in [3.8, 4) is 11.5 Å². The van der Waals surface area contributed by atoms with Crippen molar-refractivity contribution in [3.63, 3.8) is 0 Å². The quantitative estimate of drug-likeness (QED) is 0.0448. The summed E-state index contributed by atoms with van der Waals surface area (Å²) in [6.45, 7) is 5.88. The monoisotopic (exact) mass is 909 g/mol. The first-order valence-corrected chi connectivity index (χ1v) is 22.8. The van der Waals surface area contributed by atoms with E-state index in [4.69, 9.17) is 4.74 Å². The van der Waals surface area contributed by atoms with Crippen LogP contribution in [-0.2, 0) is 34.6 Å². The summed E-state index contributed by atoms with van der Waals surface area (Å²) in [5, 5.41) is 50.2. The van der Waals surface area contributed by atoms with Gasteiger partial charge in [0.05, 0.1) is 11.6 Å². The number of aliphatic hydroxyl groups excluding tert-OH is 1. The molecule has 0 unspecified atom stereocenters. The third-order valence-electron chi connectivity index (χ3n) is 12.6. The van der Waals surface area contributed by atoms with E-state index in [9.17, 15) is 39.6 Å². The van der Waals surface area contributed by atoms with Crippen LogP contribution in [0.5, 0.6) is 11.5 Å². The minimum atomic E-state index is -2.36. The van der Waals surface area contributed by atoms with Gasteiger partial charge in [-0.2, -0.15) is 0 Å². The number of carbonyl (C=O) groups excluding carboxylic acids is 2. The second kappa shape index (κ2) is 22.6. The van der Waals surface area contributed by atoms with Gasteiger partial charge in [0.25, 0.3) is 11.8 Å². The maximum absolute atomic E-state index is 13.3. The maximum atomic E-state index is 13.3. The summed E-state index contributed by atoms with van der Waals surface area (Å²) in [5.74, 6) is -1.53. The Hall–Kier alpha value is -6.84. The van der Waals surface area contributed by atoms with E-state index in [1.807, 2.05) is 37.3 Å². The van der Waals surface area contributed by atoms with E-state index in [0.717, 1.165) is 43.6 Å². The van der Waals surface area contributed by atoms with Crippen LogP contribution in [0.4, 0.5) is 0 Å². The Morgan fingerprint density at radius 2 is 1.63 bits per heavy atom. The van der Waals surface area contributed by atoms with E-state index in [1.54, 1.807) is 59.5 Å². The van der Waals surface area contributed by atoms with E-state index < -0.39 is 17.7 Å². The van der Waals surface area contributed by atoms with Crippen LogP contribution in [-0.4, -0.2) is 105 Å². The Kier molecular flexibility index (Phi) is 16.2. The van der Waals surface area contributed by atoms with Crippen LogP contribution >= 0.6 is 0 Å². The van der Waals surface area contributed by atoms with Crippen molar-refractivity contribution in [2.45, 2.75) is 50.9 Å². The molecule has 7 rings (SSSR count). The molecule has 0 bridgehead atoms. The number of aliphatic hydroxyl groups is 2. The van der Waals surface area contributed by atoms with Crippen molar-refractivity contribution in [1.29, 1.82) is 0 Å². The lowest BCUT2D eigenvalue weighted by atomic mass is 9.80. The zero-order valence-corrected chi connectivity index (χ0v) is 37.7. The first-order chi connectivity index (χ1) is 32.4. The molecule has 2 atom stereocenters. The smallest absolute Gasteiger partial charge is 0.345 e. The number of aromatic hydroxyl groups is 1. The van der Waals surface area contributed by atoms with Crippen LogP contribution in [0.1, 0.15) is 69.6 Å². The van der Waals surface area contributed by atoms with Crippen LogP contribution in [0.2, 0.25) is 0 Å². The first-order valence-electron chi connectivity index (χ1n) is 22.8. The third kappa shape index (κ3) is 12.1. The van der Waals surface area contributed by atoms with Gasteiger partial charge < -0.3 is 45.7 Å². The lowest BCUT2D eigenvalue weighted by Gasteiger charge is -2.33. The number of phenolic OH excluding ortho intramolecular Hbond substituents is 1. The Morgan fingerprint density at radius 1 is 0.881 bits per heavy atom. The van der Waals surface area contributed by atoms with E-state index in [-0.39, 0.29) is 66.2 Å². The molecule has 0 aliphatic carbocycles. The number of amides is 2. The van der Waals surface area contributed by atoms with Gasteiger partial charge in [0.15, 0.2) is 6.61 Å². The number of likely N-dealkylation sites (tertiary alicyclic amines) is 1. The zero-order valence-electron chi connectivity index (χ0n) is 37.7. The number of carboxylic acid groups (broad SMARTS) is 1. The predicted molar refractivity (Wildman–Crippen MR) is 256 cm³/mol. The van der Waals surface area contributed by atoms with Crippen molar-refractivity contribution in [2.24, 2.45) is 5.92 Å². The van der Waals surface area contributed by atoms with Crippen LogP contribution in [0.3, 0.4) is 0 Å². The van der Waals surface area contributed by atoms with Crippen molar-refractivity contribution < 1.29 is 39.5 Å². The summed E-state index contributed by atoms with van der Waals surface area (Å²) in [7, 11) is 0. The summed E-state index contributed by atoms with van der Waals surface area (Å²) >= 11 is 0. The highest BCUT2D eigenvalue weighted by Gasteiger charge is 2.42. The van der Waals surface area contributed by atoms with E-state index in [2.05, 4.69) is 44.8 Å². The van der Waals surface area contributed by atoms with Crippen molar-refractivity contribution in [3.05, 3.63) is 177 Å².